The van der Waals surface area contributed by atoms with Crippen molar-refractivity contribution in [2.75, 3.05) is 12.8 Å². The molecule has 0 radical (unpaired) electrons. The lowest BCUT2D eigenvalue weighted by molar-refractivity contribution is -0.121. The van der Waals surface area contributed by atoms with Crippen LogP contribution < -0.4 is 10.0 Å². The highest BCUT2D eigenvalue weighted by atomic mass is 35.5. The Morgan fingerprint density at radius 1 is 1.08 bits per heavy atom. The van der Waals surface area contributed by atoms with Gasteiger partial charge in [0.25, 0.3) is 0 Å². The van der Waals surface area contributed by atoms with Crippen LogP contribution in [0.2, 0.25) is 5.02 Å². The van der Waals surface area contributed by atoms with Crippen molar-refractivity contribution in [1.29, 1.82) is 0 Å². The Bertz CT molecular complexity index is 793. The van der Waals surface area contributed by atoms with Gasteiger partial charge in [0, 0.05) is 18.0 Å². The van der Waals surface area contributed by atoms with Crippen molar-refractivity contribution in [1.82, 2.24) is 10.0 Å². The summed E-state index contributed by atoms with van der Waals surface area (Å²) in [5, 5.41) is 3.38. The molecular formula is C18H21ClN2O3S. The molecule has 1 amide bonds. The molecular weight excluding hydrogens is 360 g/mol. The highest BCUT2D eigenvalue weighted by molar-refractivity contribution is 7.88. The van der Waals surface area contributed by atoms with Crippen LogP contribution in [0.1, 0.15) is 23.6 Å². The lowest BCUT2D eigenvalue weighted by Crippen LogP contribution is -2.34. The molecule has 0 aromatic heterocycles. The van der Waals surface area contributed by atoms with E-state index in [1.807, 2.05) is 30.3 Å². The maximum absolute atomic E-state index is 12.2. The normalized spacial score (nSPS) is 12.6. The second-order valence-corrected chi connectivity index (χ2v) is 8.00. The van der Waals surface area contributed by atoms with Crippen molar-refractivity contribution < 1.29 is 13.2 Å². The molecule has 2 aromatic carbocycles. The average molecular weight is 381 g/mol. The molecule has 0 unspecified atom stereocenters. The maximum Gasteiger partial charge on any atom is 0.221 e. The van der Waals surface area contributed by atoms with Gasteiger partial charge in [0.05, 0.1) is 12.3 Å². The van der Waals surface area contributed by atoms with Gasteiger partial charge in [-0.05, 0) is 29.7 Å². The smallest absolute Gasteiger partial charge is 0.221 e. The zero-order chi connectivity index (χ0) is 18.3. The summed E-state index contributed by atoms with van der Waals surface area (Å²) in [6.07, 6.45) is 1.81. The Labute approximate surface area is 153 Å². The molecule has 5 nitrogen and oxygen atoms in total. The molecule has 7 heteroatoms. The lowest BCUT2D eigenvalue weighted by Gasteiger charge is -2.18. The first-order chi connectivity index (χ1) is 11.8. The molecule has 1 atom stereocenters. The number of rotatable bonds is 8. The summed E-state index contributed by atoms with van der Waals surface area (Å²) >= 11 is 5.86. The van der Waals surface area contributed by atoms with E-state index in [-0.39, 0.29) is 12.3 Å². The van der Waals surface area contributed by atoms with Gasteiger partial charge in [-0.25, -0.2) is 13.1 Å². The number of benzene rings is 2. The summed E-state index contributed by atoms with van der Waals surface area (Å²) in [5.41, 5.74) is 1.82. The van der Waals surface area contributed by atoms with Crippen molar-refractivity contribution in [3.63, 3.8) is 0 Å². The van der Waals surface area contributed by atoms with Gasteiger partial charge < -0.3 is 5.32 Å². The largest absolute Gasteiger partial charge is 0.356 e. The average Bonchev–Trinajstić information content (AvgIpc) is 2.54. The van der Waals surface area contributed by atoms with E-state index in [0.29, 0.717) is 17.1 Å². The van der Waals surface area contributed by atoms with Crippen LogP contribution in [0, 0.1) is 0 Å². The molecule has 25 heavy (non-hydrogen) atoms. The number of hydrogen-bond donors (Lipinski definition) is 2. The van der Waals surface area contributed by atoms with Crippen molar-refractivity contribution in [2.24, 2.45) is 0 Å². The molecule has 0 spiro atoms. The number of carbonyl (C=O) groups excluding carboxylic acids is 1. The standard InChI is InChI=1S/C18H21ClN2O3S/c1-25(23,24)21-17(15-7-9-16(19)10-8-15)13-18(22)20-12-11-14-5-3-2-4-6-14/h2-10,17,21H,11-13H2,1H3,(H,20,22)/t17-/m0/s1. The van der Waals surface area contributed by atoms with Gasteiger partial charge in [-0.2, -0.15) is 0 Å². The molecule has 2 N–H and O–H groups in total. The molecule has 0 aliphatic carbocycles. The molecule has 0 heterocycles. The van der Waals surface area contributed by atoms with Crippen molar-refractivity contribution >= 4 is 27.5 Å². The topological polar surface area (TPSA) is 75.3 Å². The summed E-state index contributed by atoms with van der Waals surface area (Å²) in [6, 6.07) is 15.9. The zero-order valence-electron chi connectivity index (χ0n) is 13.9. The van der Waals surface area contributed by atoms with E-state index in [1.165, 1.54) is 0 Å². The molecule has 2 rings (SSSR count). The number of nitrogens with one attached hydrogen (secondary N) is 2. The molecule has 134 valence electrons. The second kappa shape index (κ2) is 8.99. The second-order valence-electron chi connectivity index (χ2n) is 5.78. The minimum absolute atomic E-state index is 0.0174. The van der Waals surface area contributed by atoms with E-state index < -0.39 is 16.1 Å². The molecule has 0 aliphatic rings. The van der Waals surface area contributed by atoms with Gasteiger partial charge in [0.15, 0.2) is 0 Å². The lowest BCUT2D eigenvalue weighted by atomic mass is 10.0. The SMILES string of the molecule is CS(=O)(=O)N[C@@H](CC(=O)NCCc1ccccc1)c1ccc(Cl)cc1. The molecule has 0 fully saturated rings. The van der Waals surface area contributed by atoms with Crippen LogP contribution in [0.25, 0.3) is 0 Å². The predicted molar refractivity (Wildman–Crippen MR) is 99.9 cm³/mol. The summed E-state index contributed by atoms with van der Waals surface area (Å²) in [4.78, 5) is 12.2. The monoisotopic (exact) mass is 380 g/mol. The Kier molecular flexibility index (Phi) is 6.99. The molecule has 0 saturated carbocycles. The molecule has 2 aromatic rings. The summed E-state index contributed by atoms with van der Waals surface area (Å²) in [5.74, 6) is -0.216. The first kappa shape index (κ1) is 19.4. The van der Waals surface area contributed by atoms with Crippen LogP contribution in [-0.4, -0.2) is 27.1 Å². The Hall–Kier alpha value is -1.89. The minimum Gasteiger partial charge on any atom is -0.356 e. The van der Waals surface area contributed by atoms with E-state index in [0.717, 1.165) is 18.2 Å². The van der Waals surface area contributed by atoms with Gasteiger partial charge in [0.1, 0.15) is 0 Å². The number of carbonyl (C=O) groups is 1. The molecule has 0 saturated heterocycles. The van der Waals surface area contributed by atoms with Crippen LogP contribution >= 0.6 is 11.6 Å². The molecule has 0 aliphatic heterocycles. The van der Waals surface area contributed by atoms with Gasteiger partial charge in [-0.1, -0.05) is 54.1 Å². The number of hydrogen-bond acceptors (Lipinski definition) is 3. The third-order valence-electron chi connectivity index (χ3n) is 3.60. The van der Waals surface area contributed by atoms with E-state index >= 15 is 0 Å². The van der Waals surface area contributed by atoms with Gasteiger partial charge in [-0.3, -0.25) is 4.79 Å². The predicted octanol–water partition coefficient (Wildman–Crippen LogP) is 2.68. The van der Waals surface area contributed by atoms with E-state index in [4.69, 9.17) is 11.6 Å². The summed E-state index contributed by atoms with van der Waals surface area (Å²) in [6.45, 7) is 0.495. The van der Waals surface area contributed by atoms with Crippen molar-refractivity contribution in [3.8, 4) is 0 Å². The Morgan fingerprint density at radius 2 is 1.72 bits per heavy atom. The number of sulfonamides is 1. The Morgan fingerprint density at radius 3 is 2.32 bits per heavy atom. The first-order valence-electron chi connectivity index (χ1n) is 7.87. The third kappa shape index (κ3) is 7.25. The van der Waals surface area contributed by atoms with E-state index in [9.17, 15) is 13.2 Å². The first-order valence-corrected chi connectivity index (χ1v) is 10.1. The fourth-order valence-electron chi connectivity index (χ4n) is 2.43. The minimum atomic E-state index is -3.45. The number of amides is 1. The quantitative estimate of drug-likeness (QED) is 0.739. The Balaban J connectivity index is 1.95. The van der Waals surface area contributed by atoms with Gasteiger partial charge in [0.2, 0.25) is 15.9 Å². The van der Waals surface area contributed by atoms with Crippen molar-refractivity contribution in [2.45, 2.75) is 18.9 Å². The highest BCUT2D eigenvalue weighted by Crippen LogP contribution is 2.20. The number of halogens is 1. The zero-order valence-corrected chi connectivity index (χ0v) is 15.5. The van der Waals surface area contributed by atoms with Crippen LogP contribution in [0.4, 0.5) is 0 Å². The van der Waals surface area contributed by atoms with Crippen LogP contribution in [0.3, 0.4) is 0 Å². The maximum atomic E-state index is 12.2. The van der Waals surface area contributed by atoms with E-state index in [1.54, 1.807) is 24.3 Å². The van der Waals surface area contributed by atoms with Gasteiger partial charge >= 0.3 is 0 Å². The van der Waals surface area contributed by atoms with Crippen molar-refractivity contribution in [3.05, 3.63) is 70.7 Å². The summed E-state index contributed by atoms with van der Waals surface area (Å²) in [7, 11) is -3.45. The fourth-order valence-corrected chi connectivity index (χ4v) is 3.29. The van der Waals surface area contributed by atoms with Crippen LogP contribution in [-0.2, 0) is 21.2 Å². The van der Waals surface area contributed by atoms with Gasteiger partial charge in [-0.15, -0.1) is 0 Å². The van der Waals surface area contributed by atoms with Crippen LogP contribution in [0.15, 0.2) is 54.6 Å². The van der Waals surface area contributed by atoms with E-state index in [2.05, 4.69) is 10.0 Å². The summed E-state index contributed by atoms with van der Waals surface area (Å²) < 4.78 is 25.7. The fraction of sp³-hybridized carbons (Fsp3) is 0.278. The highest BCUT2D eigenvalue weighted by Gasteiger charge is 2.19. The third-order valence-corrected chi connectivity index (χ3v) is 4.56. The van der Waals surface area contributed by atoms with Crippen LogP contribution in [0.5, 0.6) is 0 Å². The molecule has 0 bridgehead atoms.